The van der Waals surface area contributed by atoms with Gasteiger partial charge in [0, 0.05) is 11.1 Å². The van der Waals surface area contributed by atoms with E-state index in [0.717, 1.165) is 0 Å². The number of benzene rings is 1. The minimum atomic E-state index is 0.0186. The van der Waals surface area contributed by atoms with E-state index in [9.17, 15) is 0 Å². The van der Waals surface area contributed by atoms with E-state index >= 15 is 0 Å². The lowest BCUT2D eigenvalue weighted by Crippen LogP contribution is -2.13. The zero-order valence-electron chi connectivity index (χ0n) is 6.46. The molecule has 0 aromatic heterocycles. The van der Waals surface area contributed by atoms with Gasteiger partial charge in [0.05, 0.1) is 0 Å². The molecule has 0 saturated carbocycles. The highest BCUT2D eigenvalue weighted by Crippen LogP contribution is 2.02. The molecule has 0 heterocycles. The Hall–Kier alpha value is -1.84. The van der Waals surface area contributed by atoms with Crippen molar-refractivity contribution in [2.75, 3.05) is 0 Å². The van der Waals surface area contributed by atoms with Crippen LogP contribution in [0.15, 0.2) is 24.3 Å². The molecule has 0 amide bonds. The predicted molar refractivity (Wildman–Crippen MR) is 48.5 cm³/mol. The lowest BCUT2D eigenvalue weighted by molar-refractivity contribution is 1.40. The third-order valence-corrected chi connectivity index (χ3v) is 1.51. The molecule has 6 N–H and O–H groups in total. The average Bonchev–Trinajstić information content (AvgIpc) is 2.04. The fourth-order valence-electron chi connectivity index (χ4n) is 0.829. The molecule has 0 atom stereocenters. The van der Waals surface area contributed by atoms with Crippen molar-refractivity contribution in [3.05, 3.63) is 35.4 Å². The topological polar surface area (TPSA) is 99.7 Å². The van der Waals surface area contributed by atoms with Gasteiger partial charge in [-0.15, -0.1) is 0 Å². The summed E-state index contributed by atoms with van der Waals surface area (Å²) in [6.45, 7) is 0. The average molecular weight is 162 g/mol. The minimum Gasteiger partial charge on any atom is -0.384 e. The Morgan fingerprint density at radius 3 is 1.25 bits per heavy atom. The van der Waals surface area contributed by atoms with E-state index in [-0.39, 0.29) is 11.7 Å². The van der Waals surface area contributed by atoms with Gasteiger partial charge in [-0.1, -0.05) is 24.3 Å². The first-order chi connectivity index (χ1) is 5.61. The van der Waals surface area contributed by atoms with E-state index in [2.05, 4.69) is 0 Å². The molecule has 0 spiro atoms. The SMILES string of the molecule is N=C(N)c1ccc(C(=N)N)cc1. The van der Waals surface area contributed by atoms with Gasteiger partial charge in [0.15, 0.2) is 0 Å². The highest BCUT2D eigenvalue weighted by atomic mass is 14.7. The van der Waals surface area contributed by atoms with Crippen LogP contribution in [0.5, 0.6) is 0 Å². The van der Waals surface area contributed by atoms with Gasteiger partial charge in [0.1, 0.15) is 11.7 Å². The summed E-state index contributed by atoms with van der Waals surface area (Å²) in [6, 6.07) is 6.66. The largest absolute Gasteiger partial charge is 0.384 e. The number of hydrogen-bond donors (Lipinski definition) is 4. The number of hydrogen-bond acceptors (Lipinski definition) is 2. The van der Waals surface area contributed by atoms with Gasteiger partial charge in [-0.25, -0.2) is 0 Å². The Kier molecular flexibility index (Phi) is 2.09. The zero-order chi connectivity index (χ0) is 9.14. The summed E-state index contributed by atoms with van der Waals surface area (Å²) in [7, 11) is 0. The van der Waals surface area contributed by atoms with Gasteiger partial charge in [-0.2, -0.15) is 0 Å². The summed E-state index contributed by atoms with van der Waals surface area (Å²) in [5, 5.41) is 14.2. The third-order valence-electron chi connectivity index (χ3n) is 1.51. The molecule has 0 unspecified atom stereocenters. The second-order valence-electron chi connectivity index (χ2n) is 2.40. The second kappa shape index (κ2) is 3.04. The van der Waals surface area contributed by atoms with Crippen LogP contribution >= 0.6 is 0 Å². The first kappa shape index (κ1) is 8.26. The maximum atomic E-state index is 7.11. The van der Waals surface area contributed by atoms with E-state index in [1.807, 2.05) is 0 Å². The summed E-state index contributed by atoms with van der Waals surface area (Å²) in [5.74, 6) is 0.0372. The van der Waals surface area contributed by atoms with Crippen LogP contribution in [0.3, 0.4) is 0 Å². The van der Waals surface area contributed by atoms with Gasteiger partial charge in [0.2, 0.25) is 0 Å². The lowest BCUT2D eigenvalue weighted by atomic mass is 10.1. The molecule has 62 valence electrons. The number of amidine groups is 2. The summed E-state index contributed by atoms with van der Waals surface area (Å²) >= 11 is 0. The molecule has 0 radical (unpaired) electrons. The molecule has 12 heavy (non-hydrogen) atoms. The smallest absolute Gasteiger partial charge is 0.122 e. The monoisotopic (exact) mass is 162 g/mol. The number of nitrogens with two attached hydrogens (primary N) is 2. The van der Waals surface area contributed by atoms with Gasteiger partial charge in [-0.3, -0.25) is 10.8 Å². The van der Waals surface area contributed by atoms with E-state index in [1.54, 1.807) is 24.3 Å². The normalized spacial score (nSPS) is 9.33. The highest BCUT2D eigenvalue weighted by Gasteiger charge is 1.97. The van der Waals surface area contributed by atoms with Crippen LogP contribution in [-0.4, -0.2) is 11.7 Å². The molecule has 4 nitrogen and oxygen atoms in total. The maximum absolute atomic E-state index is 7.11. The van der Waals surface area contributed by atoms with Crippen molar-refractivity contribution >= 4 is 11.7 Å². The van der Waals surface area contributed by atoms with E-state index in [0.29, 0.717) is 11.1 Å². The first-order valence-corrected chi connectivity index (χ1v) is 3.40. The summed E-state index contributed by atoms with van der Waals surface area (Å²) in [6.07, 6.45) is 0. The molecular formula is C8H10N4. The van der Waals surface area contributed by atoms with Crippen molar-refractivity contribution in [3.63, 3.8) is 0 Å². The molecule has 4 heteroatoms. The molecule has 1 aromatic carbocycles. The standard InChI is InChI=1S/C8H10N4/c9-7(10)5-1-2-6(4-3-5)8(11)12/h1-4H,(H3,9,10)(H3,11,12). The van der Waals surface area contributed by atoms with E-state index in [4.69, 9.17) is 22.3 Å². The fourth-order valence-corrected chi connectivity index (χ4v) is 0.829. The van der Waals surface area contributed by atoms with Gasteiger partial charge >= 0.3 is 0 Å². The molecule has 1 aromatic rings. The van der Waals surface area contributed by atoms with Crippen LogP contribution in [0, 0.1) is 10.8 Å². The van der Waals surface area contributed by atoms with Crippen LogP contribution in [0.1, 0.15) is 11.1 Å². The Morgan fingerprint density at radius 1 is 0.833 bits per heavy atom. The van der Waals surface area contributed by atoms with Crippen LogP contribution < -0.4 is 11.5 Å². The van der Waals surface area contributed by atoms with Crippen LogP contribution in [0.4, 0.5) is 0 Å². The molecule has 0 aliphatic heterocycles. The van der Waals surface area contributed by atoms with Crippen molar-refractivity contribution in [1.82, 2.24) is 0 Å². The van der Waals surface area contributed by atoms with Gasteiger partial charge < -0.3 is 11.5 Å². The van der Waals surface area contributed by atoms with Gasteiger partial charge in [-0.05, 0) is 0 Å². The van der Waals surface area contributed by atoms with Crippen LogP contribution in [0.2, 0.25) is 0 Å². The number of rotatable bonds is 2. The lowest BCUT2D eigenvalue weighted by Gasteiger charge is -1.99. The Bertz CT molecular complexity index is 279. The van der Waals surface area contributed by atoms with E-state index in [1.165, 1.54) is 0 Å². The molecular weight excluding hydrogens is 152 g/mol. The van der Waals surface area contributed by atoms with Gasteiger partial charge in [0.25, 0.3) is 0 Å². The van der Waals surface area contributed by atoms with Crippen molar-refractivity contribution in [2.24, 2.45) is 11.5 Å². The fraction of sp³-hybridized carbons (Fsp3) is 0. The first-order valence-electron chi connectivity index (χ1n) is 3.40. The molecule has 0 aliphatic carbocycles. The molecule has 0 fully saturated rings. The Morgan fingerprint density at radius 2 is 1.08 bits per heavy atom. The molecule has 0 saturated heterocycles. The number of nitrogen functional groups attached to an aromatic ring is 2. The van der Waals surface area contributed by atoms with Crippen molar-refractivity contribution in [3.8, 4) is 0 Å². The minimum absolute atomic E-state index is 0.0186. The molecule has 0 aliphatic rings. The quantitative estimate of drug-likeness (QED) is 0.370. The number of nitrogens with one attached hydrogen (secondary N) is 2. The van der Waals surface area contributed by atoms with Crippen molar-refractivity contribution in [2.45, 2.75) is 0 Å². The summed E-state index contributed by atoms with van der Waals surface area (Å²) in [5.41, 5.74) is 11.8. The van der Waals surface area contributed by atoms with Crippen molar-refractivity contribution in [1.29, 1.82) is 10.8 Å². The van der Waals surface area contributed by atoms with Crippen molar-refractivity contribution < 1.29 is 0 Å². The van der Waals surface area contributed by atoms with E-state index < -0.39 is 0 Å². The predicted octanol–water partition coefficient (Wildman–Crippen LogP) is 0.255. The Labute approximate surface area is 70.2 Å². The second-order valence-corrected chi connectivity index (χ2v) is 2.40. The molecule has 0 bridgehead atoms. The van der Waals surface area contributed by atoms with Crippen LogP contribution in [-0.2, 0) is 0 Å². The summed E-state index contributed by atoms with van der Waals surface area (Å²) in [4.78, 5) is 0. The summed E-state index contributed by atoms with van der Waals surface area (Å²) < 4.78 is 0. The maximum Gasteiger partial charge on any atom is 0.122 e. The molecule has 1 rings (SSSR count). The highest BCUT2D eigenvalue weighted by molar-refractivity contribution is 5.98. The third kappa shape index (κ3) is 1.60. The van der Waals surface area contributed by atoms with Crippen LogP contribution in [0.25, 0.3) is 0 Å². The Balaban J connectivity index is 3.01. The zero-order valence-corrected chi connectivity index (χ0v) is 6.46.